The second-order valence-electron chi connectivity index (χ2n) is 8.76. The lowest BCUT2D eigenvalue weighted by Crippen LogP contribution is -2.36. The van der Waals surface area contributed by atoms with Gasteiger partial charge in [0, 0.05) is 18.2 Å². The number of nitrogens with one attached hydrogen (secondary N) is 1. The van der Waals surface area contributed by atoms with Gasteiger partial charge in [0.1, 0.15) is 0 Å². The molecule has 0 radical (unpaired) electrons. The molecule has 2 unspecified atom stereocenters. The number of benzene rings is 4. The Morgan fingerprint density at radius 2 is 1.06 bits per heavy atom. The second kappa shape index (κ2) is 11.7. The molecule has 2 atom stereocenters. The zero-order valence-electron chi connectivity index (χ0n) is 20.0. The van der Waals surface area contributed by atoms with Crippen molar-refractivity contribution in [3.05, 3.63) is 145 Å². The Morgan fingerprint density at radius 3 is 1.51 bits per heavy atom. The first-order chi connectivity index (χ1) is 17.3. The lowest BCUT2D eigenvalue weighted by atomic mass is 10.0. The van der Waals surface area contributed by atoms with Crippen molar-refractivity contribution >= 4 is 37.1 Å². The highest BCUT2D eigenvalue weighted by Crippen LogP contribution is 2.50. The summed E-state index contributed by atoms with van der Waals surface area (Å²) in [5.74, 6) is 0.380. The zero-order valence-corrected chi connectivity index (χ0v) is 21.8. The summed E-state index contributed by atoms with van der Waals surface area (Å²) in [6.45, 7) is 2.35. The summed E-state index contributed by atoms with van der Waals surface area (Å²) in [5, 5.41) is 11.1. The maximum absolute atomic E-state index is 3.96. The van der Waals surface area contributed by atoms with Gasteiger partial charge in [-0.15, -0.1) is 0 Å². The van der Waals surface area contributed by atoms with Crippen molar-refractivity contribution in [1.29, 1.82) is 0 Å². The van der Waals surface area contributed by atoms with Gasteiger partial charge in [0.15, 0.2) is 0 Å². The highest BCUT2D eigenvalue weighted by atomic mass is 31.1. The molecule has 35 heavy (non-hydrogen) atoms. The smallest absolute Gasteiger partial charge is 0.0240 e. The Balaban J connectivity index is 1.38. The van der Waals surface area contributed by atoms with Gasteiger partial charge in [0.2, 0.25) is 0 Å². The lowest BCUT2D eigenvalue weighted by Gasteiger charge is -2.30. The van der Waals surface area contributed by atoms with E-state index in [1.54, 1.807) is 0 Å². The molecule has 0 saturated heterocycles. The summed E-state index contributed by atoms with van der Waals surface area (Å²) in [6.07, 6.45) is 7.99. The monoisotopic (exact) mass is 491 g/mol. The van der Waals surface area contributed by atoms with Gasteiger partial charge in [-0.3, -0.25) is 0 Å². The van der Waals surface area contributed by atoms with Crippen LogP contribution in [0.1, 0.15) is 6.92 Å². The van der Waals surface area contributed by atoms with Crippen molar-refractivity contribution in [2.24, 2.45) is 5.92 Å². The third-order valence-electron chi connectivity index (χ3n) is 6.46. The van der Waals surface area contributed by atoms with Crippen LogP contribution >= 0.6 is 15.8 Å². The SMILES string of the molecule is CC(NCP(c1ccccc1)c1ccccc1)C1C=CC=C1P(c1ccccc1)c1ccccc1. The summed E-state index contributed by atoms with van der Waals surface area (Å²) >= 11 is 0. The first-order valence-corrected chi connectivity index (χ1v) is 15.1. The first kappa shape index (κ1) is 23.9. The van der Waals surface area contributed by atoms with E-state index in [4.69, 9.17) is 0 Å². The van der Waals surface area contributed by atoms with Gasteiger partial charge in [0.25, 0.3) is 0 Å². The largest absolute Gasteiger partial charge is 0.309 e. The van der Waals surface area contributed by atoms with Gasteiger partial charge in [0.05, 0.1) is 0 Å². The molecule has 1 aliphatic rings. The Hall–Kier alpha value is -2.82. The van der Waals surface area contributed by atoms with Crippen molar-refractivity contribution in [1.82, 2.24) is 5.32 Å². The molecule has 1 nitrogen and oxygen atoms in total. The number of allylic oxidation sites excluding steroid dienone is 2. The number of rotatable bonds is 9. The summed E-state index contributed by atoms with van der Waals surface area (Å²) in [6, 6.07) is 44.3. The third-order valence-corrected chi connectivity index (χ3v) is 11.4. The molecular weight excluding hydrogens is 460 g/mol. The highest BCUT2D eigenvalue weighted by molar-refractivity contribution is 7.76. The molecule has 4 aromatic rings. The van der Waals surface area contributed by atoms with Gasteiger partial charge in [-0.25, -0.2) is 0 Å². The normalized spacial score (nSPS) is 16.0. The fourth-order valence-corrected chi connectivity index (χ4v) is 9.52. The van der Waals surface area contributed by atoms with Gasteiger partial charge < -0.3 is 5.32 Å². The van der Waals surface area contributed by atoms with Gasteiger partial charge in [-0.1, -0.05) is 140 Å². The molecule has 4 aromatic carbocycles. The molecule has 1 N–H and O–H groups in total. The predicted molar refractivity (Wildman–Crippen MR) is 156 cm³/mol. The topological polar surface area (TPSA) is 12.0 Å². The predicted octanol–water partition coefficient (Wildman–Crippen LogP) is 6.26. The molecule has 0 saturated carbocycles. The average Bonchev–Trinajstić information content (AvgIpc) is 3.41. The summed E-state index contributed by atoms with van der Waals surface area (Å²) in [5.41, 5.74) is 0. The van der Waals surface area contributed by atoms with Crippen LogP contribution in [0, 0.1) is 5.92 Å². The number of hydrogen-bond donors (Lipinski definition) is 1. The van der Waals surface area contributed by atoms with E-state index in [0.717, 1.165) is 6.29 Å². The average molecular weight is 492 g/mol. The van der Waals surface area contributed by atoms with Crippen LogP contribution in [0.5, 0.6) is 0 Å². The summed E-state index contributed by atoms with van der Waals surface area (Å²) in [4.78, 5) is 0. The van der Waals surface area contributed by atoms with E-state index in [0.29, 0.717) is 12.0 Å². The van der Waals surface area contributed by atoms with E-state index in [9.17, 15) is 0 Å². The van der Waals surface area contributed by atoms with Gasteiger partial charge in [-0.2, -0.15) is 0 Å². The van der Waals surface area contributed by atoms with Crippen LogP contribution in [-0.2, 0) is 0 Å². The van der Waals surface area contributed by atoms with E-state index in [1.807, 2.05) is 0 Å². The molecule has 0 heterocycles. The third kappa shape index (κ3) is 5.71. The lowest BCUT2D eigenvalue weighted by molar-refractivity contribution is 0.525. The van der Waals surface area contributed by atoms with Crippen molar-refractivity contribution in [2.75, 3.05) is 6.29 Å². The minimum atomic E-state index is -0.574. The molecule has 5 rings (SSSR count). The molecule has 1 aliphatic carbocycles. The molecule has 0 amide bonds. The van der Waals surface area contributed by atoms with Gasteiger partial charge in [-0.05, 0) is 49.3 Å². The van der Waals surface area contributed by atoms with Crippen LogP contribution in [0.25, 0.3) is 0 Å². The Morgan fingerprint density at radius 1 is 0.629 bits per heavy atom. The minimum Gasteiger partial charge on any atom is -0.309 e. The van der Waals surface area contributed by atoms with Crippen LogP contribution < -0.4 is 26.5 Å². The van der Waals surface area contributed by atoms with E-state index in [1.165, 1.54) is 26.5 Å². The van der Waals surface area contributed by atoms with E-state index >= 15 is 0 Å². The first-order valence-electron chi connectivity index (χ1n) is 12.2. The van der Waals surface area contributed by atoms with Crippen molar-refractivity contribution in [3.63, 3.8) is 0 Å². The van der Waals surface area contributed by atoms with Crippen LogP contribution in [0.15, 0.2) is 145 Å². The number of hydrogen-bond acceptors (Lipinski definition) is 1. The van der Waals surface area contributed by atoms with Crippen LogP contribution in [-0.4, -0.2) is 12.3 Å². The molecule has 0 aliphatic heterocycles. The molecule has 3 heteroatoms. The molecule has 0 fully saturated rings. The Bertz CT molecular complexity index is 1180. The maximum Gasteiger partial charge on any atom is 0.0240 e. The molecule has 174 valence electrons. The standard InChI is InChI=1S/C32H31NP2/c1-26(33-25-34(27-15-6-2-7-16-27)28-17-8-3-9-18-28)31-23-14-24-32(31)35(29-19-10-4-11-20-29)30-21-12-5-13-22-30/h2-24,26,31,33H,25H2,1H3. The van der Waals surface area contributed by atoms with Crippen LogP contribution in [0.4, 0.5) is 0 Å². The Kier molecular flexibility index (Phi) is 8.02. The molecule has 0 bridgehead atoms. The fraction of sp³-hybridized carbons (Fsp3) is 0.125. The molecular formula is C32H31NP2. The summed E-state index contributed by atoms with van der Waals surface area (Å²) in [7, 11) is -1.04. The van der Waals surface area contributed by atoms with E-state index < -0.39 is 15.8 Å². The van der Waals surface area contributed by atoms with Crippen LogP contribution in [0.2, 0.25) is 0 Å². The molecule has 0 spiro atoms. The van der Waals surface area contributed by atoms with E-state index in [2.05, 4.69) is 152 Å². The van der Waals surface area contributed by atoms with Crippen molar-refractivity contribution in [2.45, 2.75) is 13.0 Å². The maximum atomic E-state index is 3.96. The minimum absolute atomic E-state index is 0.342. The summed E-state index contributed by atoms with van der Waals surface area (Å²) < 4.78 is 0. The molecule has 0 aromatic heterocycles. The van der Waals surface area contributed by atoms with Crippen molar-refractivity contribution in [3.8, 4) is 0 Å². The fourth-order valence-electron chi connectivity index (χ4n) is 4.64. The van der Waals surface area contributed by atoms with Gasteiger partial charge >= 0.3 is 0 Å². The second-order valence-corrected chi connectivity index (χ2v) is 13.2. The zero-order chi connectivity index (χ0) is 23.9. The van der Waals surface area contributed by atoms with E-state index in [-0.39, 0.29) is 0 Å². The van der Waals surface area contributed by atoms with Crippen LogP contribution in [0.3, 0.4) is 0 Å². The Labute approximate surface area is 212 Å². The quantitative estimate of drug-likeness (QED) is 0.273. The highest BCUT2D eigenvalue weighted by Gasteiger charge is 2.30. The van der Waals surface area contributed by atoms with Crippen molar-refractivity contribution < 1.29 is 0 Å².